The van der Waals surface area contributed by atoms with Gasteiger partial charge in [-0.15, -0.1) is 0 Å². The highest BCUT2D eigenvalue weighted by Crippen LogP contribution is 2.18. The molecular weight excluding hydrogens is 278 g/mol. The van der Waals surface area contributed by atoms with E-state index in [0.29, 0.717) is 5.69 Å². The van der Waals surface area contributed by atoms with Crippen molar-refractivity contribution in [1.29, 1.82) is 0 Å². The number of anilines is 1. The van der Waals surface area contributed by atoms with Gasteiger partial charge >= 0.3 is 6.03 Å². The molecule has 0 saturated carbocycles. The average molecular weight is 295 g/mol. The second-order valence-corrected chi connectivity index (χ2v) is 4.35. The van der Waals surface area contributed by atoms with Gasteiger partial charge in [-0.1, -0.05) is 36.4 Å². The molecule has 112 valence electrons. The molecule has 2 aromatic carbocycles. The topological polar surface area (TPSA) is 67.9 Å². The summed E-state index contributed by atoms with van der Waals surface area (Å²) in [7, 11) is 1.62. The van der Waals surface area contributed by atoms with Crippen LogP contribution in [0.15, 0.2) is 65.8 Å². The molecule has 2 amide bonds. The van der Waals surface area contributed by atoms with Gasteiger partial charge in [0.2, 0.25) is 0 Å². The molecule has 22 heavy (non-hydrogen) atoms. The number of carbonyl (C=O) groups excluding carboxylic acids is 1. The zero-order valence-corrected chi connectivity index (χ0v) is 12.2. The van der Waals surface area contributed by atoms with Gasteiger partial charge in [0.25, 0.3) is 0 Å². The Hall–Kier alpha value is -3.08. The van der Waals surface area contributed by atoms with Crippen LogP contribution in [0.3, 0.4) is 0 Å². The van der Waals surface area contributed by atoms with E-state index < -0.39 is 6.03 Å². The first-order chi connectivity index (χ1) is 10.7. The van der Waals surface area contributed by atoms with Crippen LogP contribution in [0.4, 0.5) is 10.5 Å². The van der Waals surface area contributed by atoms with E-state index in [0.717, 1.165) is 16.3 Å². The van der Waals surface area contributed by atoms with Crippen molar-refractivity contribution < 1.29 is 9.53 Å². The molecule has 0 aliphatic heterocycles. The zero-order valence-electron chi connectivity index (χ0n) is 12.2. The number of hydrazone groups is 1. The molecule has 0 aliphatic carbocycles. The number of hydrogen-bond acceptors (Lipinski definition) is 3. The molecule has 0 saturated heterocycles. The molecule has 2 rings (SSSR count). The minimum atomic E-state index is -0.645. The molecule has 0 atom stereocenters. The number of allylic oxidation sites excluding steroid dienone is 1. The van der Waals surface area contributed by atoms with Gasteiger partial charge in [-0.25, -0.2) is 4.79 Å². The summed E-state index contributed by atoms with van der Waals surface area (Å²) in [5.41, 5.74) is 6.86. The Morgan fingerprint density at radius 2 is 1.82 bits per heavy atom. The van der Waals surface area contributed by atoms with Gasteiger partial charge < -0.3 is 10.5 Å². The quantitative estimate of drug-likeness (QED) is 0.679. The fourth-order valence-corrected chi connectivity index (χ4v) is 1.88. The molecule has 2 N–H and O–H groups in total. The number of nitrogens with zero attached hydrogens (tertiary/aromatic N) is 2. The summed E-state index contributed by atoms with van der Waals surface area (Å²) >= 11 is 0. The molecule has 0 heterocycles. The minimum Gasteiger partial charge on any atom is -0.496 e. The second kappa shape index (κ2) is 7.64. The third-order valence-corrected chi connectivity index (χ3v) is 2.89. The summed E-state index contributed by atoms with van der Waals surface area (Å²) in [5, 5.41) is 5.20. The predicted molar refractivity (Wildman–Crippen MR) is 89.0 cm³/mol. The van der Waals surface area contributed by atoms with Crippen LogP contribution in [-0.4, -0.2) is 19.4 Å². The van der Waals surface area contributed by atoms with Crippen molar-refractivity contribution in [3.63, 3.8) is 0 Å². The van der Waals surface area contributed by atoms with Crippen LogP contribution in [0.25, 0.3) is 6.08 Å². The lowest BCUT2D eigenvalue weighted by atomic mass is 10.2. The fourth-order valence-electron chi connectivity index (χ4n) is 1.88. The van der Waals surface area contributed by atoms with Gasteiger partial charge in [-0.3, -0.25) is 0 Å². The molecule has 0 unspecified atom stereocenters. The monoisotopic (exact) mass is 295 g/mol. The lowest BCUT2D eigenvalue weighted by Gasteiger charge is -2.13. The predicted octanol–water partition coefficient (Wildman–Crippen LogP) is 3.28. The van der Waals surface area contributed by atoms with Crippen LogP contribution in [0.2, 0.25) is 0 Å². The maximum Gasteiger partial charge on any atom is 0.340 e. The number of para-hydroxylation sites is 2. The first-order valence-electron chi connectivity index (χ1n) is 6.70. The van der Waals surface area contributed by atoms with Crippen molar-refractivity contribution in [1.82, 2.24) is 0 Å². The molecular formula is C17H17N3O2. The molecule has 5 nitrogen and oxygen atoms in total. The number of rotatable bonds is 5. The molecule has 2 aromatic rings. The van der Waals surface area contributed by atoms with Crippen molar-refractivity contribution in [2.45, 2.75) is 0 Å². The third kappa shape index (κ3) is 3.96. The standard InChI is InChI=1S/C17H17N3O2/c1-22-16-12-6-5-8-14(16)9-7-13-19-20(17(18)21)15-10-3-2-4-11-15/h2-13H,1H3,(H2,18,21). The Morgan fingerprint density at radius 1 is 1.14 bits per heavy atom. The summed E-state index contributed by atoms with van der Waals surface area (Å²) in [6.07, 6.45) is 5.06. The summed E-state index contributed by atoms with van der Waals surface area (Å²) in [6, 6.07) is 16.0. The van der Waals surface area contributed by atoms with Crippen molar-refractivity contribution in [3.05, 3.63) is 66.2 Å². The average Bonchev–Trinajstić information content (AvgIpc) is 2.55. The number of methoxy groups -OCH3 is 1. The zero-order chi connectivity index (χ0) is 15.8. The smallest absolute Gasteiger partial charge is 0.340 e. The van der Waals surface area contributed by atoms with E-state index >= 15 is 0 Å². The number of amides is 2. The van der Waals surface area contributed by atoms with Gasteiger partial charge in [-0.2, -0.15) is 10.1 Å². The number of urea groups is 1. The highest BCUT2D eigenvalue weighted by molar-refractivity contribution is 5.92. The van der Waals surface area contributed by atoms with Crippen LogP contribution < -0.4 is 15.5 Å². The molecule has 0 spiro atoms. The summed E-state index contributed by atoms with van der Waals surface area (Å²) < 4.78 is 5.25. The maximum atomic E-state index is 11.5. The van der Waals surface area contributed by atoms with Gasteiger partial charge in [0, 0.05) is 11.8 Å². The summed E-state index contributed by atoms with van der Waals surface area (Å²) in [6.45, 7) is 0. The number of ether oxygens (including phenoxy) is 1. The van der Waals surface area contributed by atoms with E-state index in [1.54, 1.807) is 25.3 Å². The van der Waals surface area contributed by atoms with E-state index in [1.165, 1.54) is 6.21 Å². The van der Waals surface area contributed by atoms with Crippen LogP contribution in [0.5, 0.6) is 5.75 Å². The van der Waals surface area contributed by atoms with Crippen molar-refractivity contribution in [2.75, 3.05) is 12.1 Å². The van der Waals surface area contributed by atoms with Crippen molar-refractivity contribution in [2.24, 2.45) is 10.8 Å². The van der Waals surface area contributed by atoms with Crippen molar-refractivity contribution >= 4 is 24.0 Å². The summed E-state index contributed by atoms with van der Waals surface area (Å²) in [4.78, 5) is 11.5. The Kier molecular flexibility index (Phi) is 5.31. The largest absolute Gasteiger partial charge is 0.496 e. The Morgan fingerprint density at radius 3 is 2.50 bits per heavy atom. The molecule has 0 aromatic heterocycles. The fraction of sp³-hybridized carbons (Fsp3) is 0.0588. The van der Waals surface area contributed by atoms with Crippen molar-refractivity contribution in [3.8, 4) is 5.75 Å². The van der Waals surface area contributed by atoms with E-state index in [9.17, 15) is 4.79 Å². The minimum absolute atomic E-state index is 0.608. The highest BCUT2D eigenvalue weighted by Gasteiger charge is 2.08. The molecule has 0 fully saturated rings. The molecule has 0 radical (unpaired) electrons. The van der Waals surface area contributed by atoms with Gasteiger partial charge in [0.15, 0.2) is 0 Å². The maximum absolute atomic E-state index is 11.5. The number of benzene rings is 2. The Labute approximate surface area is 129 Å². The first-order valence-corrected chi connectivity index (χ1v) is 6.70. The Bertz CT molecular complexity index is 681. The molecule has 5 heteroatoms. The first kappa shape index (κ1) is 15.3. The number of nitrogens with two attached hydrogens (primary N) is 1. The van der Waals surface area contributed by atoms with E-state index in [2.05, 4.69) is 5.10 Å². The van der Waals surface area contributed by atoms with Crippen LogP contribution in [0, 0.1) is 0 Å². The molecule has 0 bridgehead atoms. The highest BCUT2D eigenvalue weighted by atomic mass is 16.5. The van der Waals surface area contributed by atoms with E-state index in [1.807, 2.05) is 48.5 Å². The van der Waals surface area contributed by atoms with Crippen LogP contribution in [-0.2, 0) is 0 Å². The lowest BCUT2D eigenvalue weighted by molar-refractivity contribution is 0.254. The second-order valence-electron chi connectivity index (χ2n) is 4.35. The third-order valence-electron chi connectivity index (χ3n) is 2.89. The van der Waals surface area contributed by atoms with E-state index in [4.69, 9.17) is 10.5 Å². The SMILES string of the molecule is COc1ccccc1C=CC=NN(C(N)=O)c1ccccc1. The number of hydrogen-bond donors (Lipinski definition) is 1. The summed E-state index contributed by atoms with van der Waals surface area (Å²) in [5.74, 6) is 0.766. The number of carbonyl (C=O) groups is 1. The lowest BCUT2D eigenvalue weighted by Crippen LogP contribution is -2.31. The van der Waals surface area contributed by atoms with E-state index in [-0.39, 0.29) is 0 Å². The van der Waals surface area contributed by atoms with Crippen LogP contribution in [0.1, 0.15) is 5.56 Å². The van der Waals surface area contributed by atoms with Gasteiger partial charge in [-0.05, 0) is 30.4 Å². The van der Waals surface area contributed by atoms with Crippen LogP contribution >= 0.6 is 0 Å². The normalized spacial score (nSPS) is 11.0. The van der Waals surface area contributed by atoms with Gasteiger partial charge in [0.1, 0.15) is 5.75 Å². The molecule has 0 aliphatic rings. The number of primary amides is 1. The Balaban J connectivity index is 2.12. The van der Waals surface area contributed by atoms with Gasteiger partial charge in [0.05, 0.1) is 12.8 Å².